The number of hydrazone groups is 1. The summed E-state index contributed by atoms with van der Waals surface area (Å²) in [5.74, 6) is -0.104. The number of carbonyl (C=O) groups excluding carboxylic acids is 1. The molecule has 0 fully saturated rings. The van der Waals surface area contributed by atoms with Gasteiger partial charge < -0.3 is 10.6 Å². The number of carbonyl (C=O) groups is 1. The zero-order valence-corrected chi connectivity index (χ0v) is 14.9. The zero-order valence-electron chi connectivity index (χ0n) is 14.1. The van der Waals surface area contributed by atoms with E-state index >= 15 is 0 Å². The molecule has 0 aliphatic rings. The van der Waals surface area contributed by atoms with Gasteiger partial charge in [0.2, 0.25) is 5.91 Å². The van der Waals surface area contributed by atoms with Crippen molar-refractivity contribution in [3.05, 3.63) is 66.4 Å². The van der Waals surface area contributed by atoms with Gasteiger partial charge in [0.1, 0.15) is 0 Å². The summed E-state index contributed by atoms with van der Waals surface area (Å²) in [5, 5.41) is 11.3. The number of amides is 1. The molecule has 3 rings (SSSR count). The molecule has 7 heteroatoms. The number of thiocarbonyl (C=S) groups is 1. The summed E-state index contributed by atoms with van der Waals surface area (Å²) >= 11 is 5.27. The first-order valence-corrected chi connectivity index (χ1v) is 8.34. The molecule has 6 nitrogen and oxygen atoms in total. The molecule has 0 aliphatic carbocycles. The third-order valence-corrected chi connectivity index (χ3v) is 3.69. The van der Waals surface area contributed by atoms with Crippen LogP contribution >= 0.6 is 12.2 Å². The predicted octanol–water partition coefficient (Wildman–Crippen LogP) is 3.51. The molecule has 26 heavy (non-hydrogen) atoms. The third kappa shape index (κ3) is 4.61. The summed E-state index contributed by atoms with van der Waals surface area (Å²) in [6.45, 7) is 1.47. The highest BCUT2D eigenvalue weighted by atomic mass is 32.1. The number of para-hydroxylation sites is 1. The van der Waals surface area contributed by atoms with Gasteiger partial charge in [-0.2, -0.15) is 5.10 Å². The van der Waals surface area contributed by atoms with Crippen molar-refractivity contribution in [2.24, 2.45) is 5.10 Å². The minimum absolute atomic E-state index is 0.104. The number of hydrogen-bond donors (Lipinski definition) is 3. The Labute approximate surface area is 156 Å². The molecule has 0 unspecified atom stereocenters. The molecule has 2 aromatic carbocycles. The average molecular weight is 363 g/mol. The van der Waals surface area contributed by atoms with Crippen molar-refractivity contribution in [3.63, 3.8) is 0 Å². The van der Waals surface area contributed by atoms with Crippen LogP contribution in [0.15, 0.2) is 65.9 Å². The number of rotatable bonds is 4. The Kier molecular flexibility index (Phi) is 5.50. The molecule has 1 amide bonds. The van der Waals surface area contributed by atoms with Crippen LogP contribution in [-0.4, -0.2) is 22.2 Å². The normalized spacial score (nSPS) is 10.7. The highest BCUT2D eigenvalue weighted by Gasteiger charge is 2.03. The van der Waals surface area contributed by atoms with Crippen LogP contribution in [0.2, 0.25) is 0 Å². The molecule has 0 saturated heterocycles. The SMILES string of the molecule is CC(=O)Nc1ccc(C=NNC(=S)Nc2cccc3cccnc23)cc1. The molecule has 3 N–H and O–H groups in total. The Morgan fingerprint density at radius 2 is 1.85 bits per heavy atom. The minimum atomic E-state index is -0.104. The second-order valence-corrected chi connectivity index (χ2v) is 5.92. The van der Waals surface area contributed by atoms with E-state index in [1.807, 2.05) is 42.5 Å². The maximum atomic E-state index is 11.0. The zero-order chi connectivity index (χ0) is 18.4. The summed E-state index contributed by atoms with van der Waals surface area (Å²) in [6.07, 6.45) is 3.39. The van der Waals surface area contributed by atoms with Crippen LogP contribution in [0.1, 0.15) is 12.5 Å². The fourth-order valence-electron chi connectivity index (χ4n) is 2.38. The number of anilines is 2. The van der Waals surface area contributed by atoms with Gasteiger partial charge in [0, 0.05) is 24.2 Å². The molecule has 130 valence electrons. The van der Waals surface area contributed by atoms with Crippen LogP contribution in [0.3, 0.4) is 0 Å². The van der Waals surface area contributed by atoms with Crippen LogP contribution in [0.5, 0.6) is 0 Å². The first-order chi connectivity index (χ1) is 12.6. The van der Waals surface area contributed by atoms with Gasteiger partial charge in [0.15, 0.2) is 5.11 Å². The maximum Gasteiger partial charge on any atom is 0.221 e. The molecular weight excluding hydrogens is 346 g/mol. The van der Waals surface area contributed by atoms with E-state index in [1.165, 1.54) is 6.92 Å². The van der Waals surface area contributed by atoms with Gasteiger partial charge in [-0.05, 0) is 42.0 Å². The molecule has 0 spiro atoms. The molecule has 0 saturated carbocycles. The topological polar surface area (TPSA) is 78.4 Å². The summed E-state index contributed by atoms with van der Waals surface area (Å²) in [7, 11) is 0. The summed E-state index contributed by atoms with van der Waals surface area (Å²) < 4.78 is 0. The van der Waals surface area contributed by atoms with E-state index in [9.17, 15) is 4.79 Å². The molecule has 0 bridgehead atoms. The summed E-state index contributed by atoms with van der Waals surface area (Å²) in [6, 6.07) is 17.0. The van der Waals surface area contributed by atoms with E-state index < -0.39 is 0 Å². The predicted molar refractivity (Wildman–Crippen MR) is 109 cm³/mol. The Hall–Kier alpha value is -3.32. The highest BCUT2D eigenvalue weighted by Crippen LogP contribution is 2.20. The molecule has 0 aliphatic heterocycles. The summed E-state index contributed by atoms with van der Waals surface area (Å²) in [4.78, 5) is 15.4. The van der Waals surface area contributed by atoms with Crippen molar-refractivity contribution < 1.29 is 4.79 Å². The minimum Gasteiger partial charge on any atom is -0.330 e. The third-order valence-electron chi connectivity index (χ3n) is 3.49. The number of fused-ring (bicyclic) bond motifs is 1. The lowest BCUT2D eigenvalue weighted by Crippen LogP contribution is -2.24. The molecule has 1 aromatic heterocycles. The van der Waals surface area contributed by atoms with Crippen LogP contribution < -0.4 is 16.1 Å². The molecule has 3 aromatic rings. The lowest BCUT2D eigenvalue weighted by atomic mass is 10.2. The van der Waals surface area contributed by atoms with Crippen molar-refractivity contribution in [1.82, 2.24) is 10.4 Å². The molecule has 0 atom stereocenters. The van der Waals surface area contributed by atoms with Crippen LogP contribution in [-0.2, 0) is 4.79 Å². The van der Waals surface area contributed by atoms with Crippen LogP contribution in [0.4, 0.5) is 11.4 Å². The van der Waals surface area contributed by atoms with Crippen LogP contribution in [0, 0.1) is 0 Å². The van der Waals surface area contributed by atoms with E-state index in [1.54, 1.807) is 24.5 Å². The van der Waals surface area contributed by atoms with E-state index in [4.69, 9.17) is 12.2 Å². The van der Waals surface area contributed by atoms with E-state index in [2.05, 4.69) is 26.1 Å². The maximum absolute atomic E-state index is 11.0. The lowest BCUT2D eigenvalue weighted by Gasteiger charge is -2.09. The van der Waals surface area contributed by atoms with Gasteiger partial charge in [-0.1, -0.05) is 30.3 Å². The van der Waals surface area contributed by atoms with E-state index in [-0.39, 0.29) is 5.91 Å². The highest BCUT2D eigenvalue weighted by molar-refractivity contribution is 7.80. The number of nitrogens with one attached hydrogen (secondary N) is 3. The number of pyridine rings is 1. The first-order valence-electron chi connectivity index (χ1n) is 7.93. The van der Waals surface area contributed by atoms with Crippen molar-refractivity contribution in [2.75, 3.05) is 10.6 Å². The van der Waals surface area contributed by atoms with Gasteiger partial charge in [-0.25, -0.2) is 0 Å². The van der Waals surface area contributed by atoms with E-state index in [0.717, 1.165) is 27.8 Å². The van der Waals surface area contributed by atoms with Gasteiger partial charge in [0.25, 0.3) is 0 Å². The summed E-state index contributed by atoms with van der Waals surface area (Å²) in [5.41, 5.74) is 6.06. The Balaban J connectivity index is 1.60. The fraction of sp³-hybridized carbons (Fsp3) is 0.0526. The number of benzene rings is 2. The van der Waals surface area contributed by atoms with Crippen LogP contribution in [0.25, 0.3) is 10.9 Å². The number of nitrogens with zero attached hydrogens (tertiary/aromatic N) is 2. The van der Waals surface area contributed by atoms with Crippen molar-refractivity contribution in [3.8, 4) is 0 Å². The lowest BCUT2D eigenvalue weighted by molar-refractivity contribution is -0.114. The van der Waals surface area contributed by atoms with E-state index in [0.29, 0.717) is 5.11 Å². The van der Waals surface area contributed by atoms with Gasteiger partial charge in [-0.15, -0.1) is 0 Å². The average Bonchev–Trinajstić information content (AvgIpc) is 2.63. The Bertz CT molecular complexity index is 964. The molecule has 1 heterocycles. The standard InChI is InChI=1S/C19H17N5OS/c1-13(25)22-16-9-7-14(8-10-16)12-21-24-19(26)23-17-6-2-4-15-5-3-11-20-18(15)17/h2-12H,1H3,(H,22,25)(H2,23,24,26). The van der Waals surface area contributed by atoms with Crippen molar-refractivity contribution in [2.45, 2.75) is 6.92 Å². The first kappa shape index (κ1) is 17.5. The van der Waals surface area contributed by atoms with Crippen molar-refractivity contribution in [1.29, 1.82) is 0 Å². The Morgan fingerprint density at radius 3 is 2.62 bits per heavy atom. The second-order valence-electron chi connectivity index (χ2n) is 5.51. The molecular formula is C19H17N5OS. The largest absolute Gasteiger partial charge is 0.330 e. The van der Waals surface area contributed by atoms with Gasteiger partial charge in [0.05, 0.1) is 17.4 Å². The monoisotopic (exact) mass is 363 g/mol. The molecule has 0 radical (unpaired) electrons. The number of aromatic nitrogens is 1. The smallest absolute Gasteiger partial charge is 0.221 e. The fourth-order valence-corrected chi connectivity index (χ4v) is 2.54. The Morgan fingerprint density at radius 1 is 1.08 bits per heavy atom. The quantitative estimate of drug-likeness (QED) is 0.376. The van der Waals surface area contributed by atoms with Gasteiger partial charge >= 0.3 is 0 Å². The second kappa shape index (κ2) is 8.17. The van der Waals surface area contributed by atoms with Gasteiger partial charge in [-0.3, -0.25) is 15.2 Å². The number of hydrogen-bond acceptors (Lipinski definition) is 4. The van der Waals surface area contributed by atoms with Crippen molar-refractivity contribution >= 4 is 51.7 Å².